The molecule has 2 heterocycles. The van der Waals surface area contributed by atoms with E-state index in [4.69, 9.17) is 4.52 Å². The van der Waals surface area contributed by atoms with Crippen molar-refractivity contribution in [3.8, 4) is 0 Å². The Morgan fingerprint density at radius 1 is 1.07 bits per heavy atom. The molecule has 162 valence electrons. The van der Waals surface area contributed by atoms with Gasteiger partial charge in [-0.05, 0) is 13.8 Å². The Morgan fingerprint density at radius 2 is 1.60 bits per heavy atom. The Labute approximate surface area is 168 Å². The smallest absolute Gasteiger partial charge is 0.361 e. The second-order valence-corrected chi connectivity index (χ2v) is 6.94. The van der Waals surface area contributed by atoms with Crippen LogP contribution in [-0.4, -0.2) is 46.1 Å². The van der Waals surface area contributed by atoms with Crippen molar-refractivity contribution >= 4 is 17.1 Å². The van der Waals surface area contributed by atoms with E-state index < -0.39 is 38.6 Å². The third-order valence-corrected chi connectivity index (χ3v) is 5.04. The van der Waals surface area contributed by atoms with Crippen LogP contribution in [0.1, 0.15) is 22.6 Å². The first-order valence-corrected chi connectivity index (χ1v) is 8.92. The number of hydrogen-bond acceptors (Lipinski definition) is 8. The fraction of sp³-hybridized carbons (Fsp3) is 0.471. The van der Waals surface area contributed by atoms with Gasteiger partial charge in [-0.15, -0.1) is 0 Å². The SMILES string of the molecule is Cc1noc(C)c1CN1CCN(c2c([N+](=O)[O-])cc(C(F)(F)F)cc2[N+](=O)[O-])CC1. The molecule has 0 amide bonds. The number of hydrogen-bond donors (Lipinski definition) is 0. The Kier molecular flexibility index (Phi) is 5.65. The highest BCUT2D eigenvalue weighted by molar-refractivity contribution is 5.76. The lowest BCUT2D eigenvalue weighted by molar-refractivity contribution is -0.393. The van der Waals surface area contributed by atoms with Gasteiger partial charge in [0.05, 0.1) is 21.1 Å². The molecule has 1 aromatic carbocycles. The van der Waals surface area contributed by atoms with E-state index in [2.05, 4.69) is 5.16 Å². The van der Waals surface area contributed by atoms with Crippen LogP contribution in [0.4, 0.5) is 30.2 Å². The Morgan fingerprint density at radius 3 is 2.00 bits per heavy atom. The van der Waals surface area contributed by atoms with Crippen molar-refractivity contribution in [2.24, 2.45) is 0 Å². The number of halogens is 3. The van der Waals surface area contributed by atoms with E-state index in [-0.39, 0.29) is 13.1 Å². The number of anilines is 1. The van der Waals surface area contributed by atoms with E-state index in [1.54, 1.807) is 13.8 Å². The van der Waals surface area contributed by atoms with Gasteiger partial charge >= 0.3 is 6.18 Å². The third kappa shape index (κ3) is 4.20. The van der Waals surface area contributed by atoms with Crippen LogP contribution in [0.3, 0.4) is 0 Å². The molecule has 1 aliphatic heterocycles. The highest BCUT2D eigenvalue weighted by atomic mass is 19.4. The molecule has 0 spiro atoms. The molecular weight excluding hydrogens is 411 g/mol. The number of aromatic nitrogens is 1. The summed E-state index contributed by atoms with van der Waals surface area (Å²) in [5.41, 5.74) is -2.05. The molecule has 0 atom stereocenters. The summed E-state index contributed by atoms with van der Waals surface area (Å²) in [5, 5.41) is 26.7. The molecule has 1 fully saturated rings. The van der Waals surface area contributed by atoms with Crippen molar-refractivity contribution in [3.05, 3.63) is 54.9 Å². The van der Waals surface area contributed by atoms with Gasteiger partial charge in [0.25, 0.3) is 11.4 Å². The van der Waals surface area contributed by atoms with Crippen LogP contribution in [0.15, 0.2) is 16.7 Å². The number of benzene rings is 1. The molecule has 0 saturated carbocycles. The van der Waals surface area contributed by atoms with Crippen molar-refractivity contribution < 1.29 is 27.5 Å². The van der Waals surface area contributed by atoms with E-state index in [1.807, 2.05) is 4.90 Å². The van der Waals surface area contributed by atoms with Gasteiger partial charge in [-0.3, -0.25) is 25.1 Å². The summed E-state index contributed by atoms with van der Waals surface area (Å²) in [6.45, 7) is 5.26. The summed E-state index contributed by atoms with van der Waals surface area (Å²) in [7, 11) is 0. The first-order valence-electron chi connectivity index (χ1n) is 8.92. The van der Waals surface area contributed by atoms with Gasteiger partial charge in [0.2, 0.25) is 0 Å². The molecule has 1 aliphatic rings. The summed E-state index contributed by atoms with van der Waals surface area (Å²) >= 11 is 0. The van der Waals surface area contributed by atoms with Gasteiger partial charge < -0.3 is 9.42 Å². The molecule has 1 saturated heterocycles. The number of rotatable bonds is 5. The fourth-order valence-corrected chi connectivity index (χ4v) is 3.45. The molecule has 1 aromatic heterocycles. The number of nitrogens with zero attached hydrogens (tertiary/aromatic N) is 5. The van der Waals surface area contributed by atoms with Crippen molar-refractivity contribution in [1.29, 1.82) is 0 Å². The maximum Gasteiger partial charge on any atom is 0.416 e. The Hall–Kier alpha value is -3.22. The lowest BCUT2D eigenvalue weighted by atomic mass is 10.1. The first kappa shape index (κ1) is 21.5. The Bertz CT molecular complexity index is 928. The lowest BCUT2D eigenvalue weighted by Gasteiger charge is -2.35. The Balaban J connectivity index is 1.89. The van der Waals surface area contributed by atoms with Crippen molar-refractivity contribution in [1.82, 2.24) is 10.1 Å². The molecule has 2 aromatic rings. The van der Waals surface area contributed by atoms with E-state index in [9.17, 15) is 33.4 Å². The van der Waals surface area contributed by atoms with Crippen LogP contribution in [0.2, 0.25) is 0 Å². The molecule has 3 rings (SSSR count). The minimum absolute atomic E-state index is 0.177. The molecule has 0 N–H and O–H groups in total. The van der Waals surface area contributed by atoms with Crippen LogP contribution >= 0.6 is 0 Å². The van der Waals surface area contributed by atoms with Gasteiger partial charge in [-0.1, -0.05) is 5.16 Å². The van der Waals surface area contributed by atoms with Crippen molar-refractivity contribution in [3.63, 3.8) is 0 Å². The fourth-order valence-electron chi connectivity index (χ4n) is 3.45. The first-order chi connectivity index (χ1) is 14.0. The standard InChI is InChI=1S/C17H18F3N5O5/c1-10-13(11(2)30-21-10)9-22-3-5-23(6-4-22)16-14(24(26)27)7-12(17(18,19)20)8-15(16)25(28)29/h7-8H,3-6,9H2,1-2H3. The number of nitro benzene ring substituents is 2. The summed E-state index contributed by atoms with van der Waals surface area (Å²) in [5.74, 6) is 0.670. The normalized spacial score (nSPS) is 15.4. The van der Waals surface area contributed by atoms with Crippen LogP contribution in [-0.2, 0) is 12.7 Å². The summed E-state index contributed by atoms with van der Waals surface area (Å²) in [4.78, 5) is 24.2. The minimum Gasteiger partial charge on any atom is -0.361 e. The van der Waals surface area contributed by atoms with E-state index in [0.717, 1.165) is 11.3 Å². The minimum atomic E-state index is -4.94. The zero-order chi connectivity index (χ0) is 22.2. The number of alkyl halides is 3. The monoisotopic (exact) mass is 429 g/mol. The molecule has 13 heteroatoms. The average Bonchev–Trinajstić information content (AvgIpc) is 2.98. The predicted octanol–water partition coefficient (Wildman–Crippen LogP) is 3.45. The highest BCUT2D eigenvalue weighted by Crippen LogP contribution is 2.43. The van der Waals surface area contributed by atoms with E-state index in [1.165, 1.54) is 4.90 Å². The molecule has 0 radical (unpaired) electrons. The van der Waals surface area contributed by atoms with Crippen molar-refractivity contribution in [2.45, 2.75) is 26.6 Å². The van der Waals surface area contributed by atoms with Gasteiger partial charge in [0.15, 0.2) is 5.69 Å². The van der Waals surface area contributed by atoms with Crippen molar-refractivity contribution in [2.75, 3.05) is 31.1 Å². The van der Waals surface area contributed by atoms with E-state index >= 15 is 0 Å². The summed E-state index contributed by atoms with van der Waals surface area (Å²) in [6, 6.07) is 0.692. The summed E-state index contributed by atoms with van der Waals surface area (Å²) < 4.78 is 44.3. The summed E-state index contributed by atoms with van der Waals surface area (Å²) in [6.07, 6.45) is -4.94. The maximum absolute atomic E-state index is 13.1. The van der Waals surface area contributed by atoms with Crippen LogP contribution in [0.5, 0.6) is 0 Å². The topological polar surface area (TPSA) is 119 Å². The lowest BCUT2D eigenvalue weighted by Crippen LogP contribution is -2.46. The second kappa shape index (κ2) is 7.89. The van der Waals surface area contributed by atoms with Gasteiger partial charge in [-0.2, -0.15) is 13.2 Å². The molecular formula is C17H18F3N5O5. The predicted molar refractivity (Wildman–Crippen MR) is 98.2 cm³/mol. The zero-order valence-electron chi connectivity index (χ0n) is 16.1. The van der Waals surface area contributed by atoms with Gasteiger partial charge in [0.1, 0.15) is 5.76 Å². The van der Waals surface area contributed by atoms with Gasteiger partial charge in [-0.25, -0.2) is 0 Å². The second-order valence-electron chi connectivity index (χ2n) is 6.94. The number of nitro groups is 2. The molecule has 30 heavy (non-hydrogen) atoms. The largest absolute Gasteiger partial charge is 0.416 e. The maximum atomic E-state index is 13.1. The third-order valence-electron chi connectivity index (χ3n) is 5.04. The highest BCUT2D eigenvalue weighted by Gasteiger charge is 2.39. The number of piperazine rings is 1. The van der Waals surface area contributed by atoms with Crippen LogP contribution in [0.25, 0.3) is 0 Å². The van der Waals surface area contributed by atoms with Gasteiger partial charge in [0, 0.05) is 50.4 Å². The zero-order valence-corrected chi connectivity index (χ0v) is 16.1. The van der Waals surface area contributed by atoms with Crippen LogP contribution < -0.4 is 4.90 Å². The number of aryl methyl sites for hydroxylation is 2. The molecule has 0 bridgehead atoms. The average molecular weight is 429 g/mol. The van der Waals surface area contributed by atoms with Crippen LogP contribution in [0, 0.1) is 34.1 Å². The molecule has 0 unspecified atom stereocenters. The molecule has 10 nitrogen and oxygen atoms in total. The quantitative estimate of drug-likeness (QED) is 0.524. The molecule has 0 aliphatic carbocycles. The van der Waals surface area contributed by atoms with E-state index in [0.29, 0.717) is 37.5 Å².